The molecule has 2 rings (SSSR count). The molecule has 1 aliphatic rings. The highest BCUT2D eigenvalue weighted by atomic mass is 35.5. The Labute approximate surface area is 118 Å². The molecule has 0 aliphatic carbocycles. The first kappa shape index (κ1) is 14.0. The van der Waals surface area contributed by atoms with Crippen molar-refractivity contribution in [3.05, 3.63) is 24.3 Å². The Bertz CT molecular complexity index is 414. The quantitative estimate of drug-likeness (QED) is 0.792. The lowest BCUT2D eigenvalue weighted by molar-refractivity contribution is -0.131. The van der Waals surface area contributed by atoms with Crippen molar-refractivity contribution < 1.29 is 9.53 Å². The van der Waals surface area contributed by atoms with E-state index in [0.29, 0.717) is 12.3 Å². The van der Waals surface area contributed by atoms with Gasteiger partial charge in [-0.25, -0.2) is 0 Å². The van der Waals surface area contributed by atoms with E-state index in [9.17, 15) is 4.79 Å². The number of amides is 1. The third-order valence-corrected chi connectivity index (χ3v) is 3.57. The van der Waals surface area contributed by atoms with Gasteiger partial charge in [0.25, 0.3) is 0 Å². The summed E-state index contributed by atoms with van der Waals surface area (Å²) in [5, 5.41) is 0. The van der Waals surface area contributed by atoms with E-state index >= 15 is 0 Å². The molecule has 1 heterocycles. The standard InChI is InChI=1S/C14H19ClN2O2/c1-19-13-4-2-12(3-5-13)16-8-10-17(11-9-16)14(18)6-7-15/h2-5H,6-11H2,1H3. The first-order valence-corrected chi connectivity index (χ1v) is 7.01. The molecule has 0 atom stereocenters. The maximum absolute atomic E-state index is 11.7. The van der Waals surface area contributed by atoms with Crippen molar-refractivity contribution in [1.29, 1.82) is 0 Å². The Kier molecular flexibility index (Phi) is 4.91. The fourth-order valence-corrected chi connectivity index (χ4v) is 2.41. The first-order valence-electron chi connectivity index (χ1n) is 6.47. The van der Waals surface area contributed by atoms with Crippen molar-refractivity contribution in [1.82, 2.24) is 4.90 Å². The summed E-state index contributed by atoms with van der Waals surface area (Å²) in [7, 11) is 1.66. The Balaban J connectivity index is 1.90. The summed E-state index contributed by atoms with van der Waals surface area (Å²) in [6, 6.07) is 8.02. The number of hydrogen-bond donors (Lipinski definition) is 0. The average Bonchev–Trinajstić information content (AvgIpc) is 2.48. The van der Waals surface area contributed by atoms with E-state index in [1.165, 1.54) is 5.69 Å². The minimum atomic E-state index is 0.157. The molecule has 0 aromatic heterocycles. The van der Waals surface area contributed by atoms with Gasteiger partial charge in [-0.2, -0.15) is 0 Å². The molecule has 0 unspecified atom stereocenters. The molecule has 19 heavy (non-hydrogen) atoms. The van der Waals surface area contributed by atoms with Crippen molar-refractivity contribution in [3.8, 4) is 5.75 Å². The van der Waals surface area contributed by atoms with E-state index in [1.54, 1.807) is 7.11 Å². The van der Waals surface area contributed by atoms with Crippen molar-refractivity contribution in [2.24, 2.45) is 0 Å². The molecule has 1 aromatic rings. The molecule has 0 spiro atoms. The molecular formula is C14H19ClN2O2. The third-order valence-electron chi connectivity index (χ3n) is 3.38. The molecule has 0 N–H and O–H groups in total. The van der Waals surface area contributed by atoms with Gasteiger partial charge < -0.3 is 14.5 Å². The smallest absolute Gasteiger partial charge is 0.223 e. The van der Waals surface area contributed by atoms with E-state index < -0.39 is 0 Å². The monoisotopic (exact) mass is 282 g/mol. The summed E-state index contributed by atoms with van der Waals surface area (Å²) in [5.74, 6) is 1.42. The van der Waals surface area contributed by atoms with Crippen LogP contribution in [0.2, 0.25) is 0 Å². The predicted molar refractivity (Wildman–Crippen MR) is 77.1 cm³/mol. The normalized spacial score (nSPS) is 15.5. The Morgan fingerprint density at radius 2 is 1.84 bits per heavy atom. The SMILES string of the molecule is COc1ccc(N2CCN(C(=O)CCCl)CC2)cc1. The van der Waals surface area contributed by atoms with Crippen LogP contribution in [0.5, 0.6) is 5.75 Å². The highest BCUT2D eigenvalue weighted by Crippen LogP contribution is 2.20. The summed E-state index contributed by atoms with van der Waals surface area (Å²) >= 11 is 5.60. The molecule has 1 fully saturated rings. The summed E-state index contributed by atoms with van der Waals surface area (Å²) in [6.07, 6.45) is 0.435. The van der Waals surface area contributed by atoms with E-state index in [1.807, 2.05) is 17.0 Å². The second-order valence-corrected chi connectivity index (χ2v) is 4.88. The number of nitrogens with zero attached hydrogens (tertiary/aromatic N) is 2. The minimum absolute atomic E-state index is 0.157. The van der Waals surface area contributed by atoms with Crippen molar-refractivity contribution >= 4 is 23.2 Å². The van der Waals surface area contributed by atoms with Crippen molar-refractivity contribution in [2.45, 2.75) is 6.42 Å². The zero-order chi connectivity index (χ0) is 13.7. The van der Waals surface area contributed by atoms with Crippen LogP contribution in [0.1, 0.15) is 6.42 Å². The summed E-state index contributed by atoms with van der Waals surface area (Å²) in [6.45, 7) is 3.25. The van der Waals surface area contributed by atoms with Gasteiger partial charge >= 0.3 is 0 Å². The number of carbonyl (C=O) groups is 1. The molecule has 0 saturated carbocycles. The number of carbonyl (C=O) groups excluding carboxylic acids is 1. The minimum Gasteiger partial charge on any atom is -0.497 e. The van der Waals surface area contributed by atoms with Crippen LogP contribution in [0, 0.1) is 0 Å². The number of alkyl halides is 1. The first-order chi connectivity index (χ1) is 9.24. The molecule has 0 radical (unpaired) electrons. The molecule has 1 aliphatic heterocycles. The van der Waals surface area contributed by atoms with Gasteiger partial charge in [0.2, 0.25) is 5.91 Å². The Morgan fingerprint density at radius 1 is 1.21 bits per heavy atom. The van der Waals surface area contributed by atoms with Crippen LogP contribution in [0.3, 0.4) is 0 Å². The third kappa shape index (κ3) is 3.53. The van der Waals surface area contributed by atoms with Crippen LogP contribution in [0.15, 0.2) is 24.3 Å². The number of benzene rings is 1. The van der Waals surface area contributed by atoms with Crippen LogP contribution < -0.4 is 9.64 Å². The zero-order valence-electron chi connectivity index (χ0n) is 11.1. The average molecular weight is 283 g/mol. The van der Waals surface area contributed by atoms with Gasteiger partial charge in [-0.15, -0.1) is 11.6 Å². The summed E-state index contributed by atoms with van der Waals surface area (Å²) in [5.41, 5.74) is 1.17. The van der Waals surface area contributed by atoms with Crippen molar-refractivity contribution in [2.75, 3.05) is 44.1 Å². The van der Waals surface area contributed by atoms with Crippen molar-refractivity contribution in [3.63, 3.8) is 0 Å². The van der Waals surface area contributed by atoms with Crippen LogP contribution >= 0.6 is 11.6 Å². The fraction of sp³-hybridized carbons (Fsp3) is 0.500. The molecule has 1 amide bonds. The number of rotatable bonds is 4. The Morgan fingerprint density at radius 3 is 2.37 bits per heavy atom. The number of halogens is 1. The van der Waals surface area contributed by atoms with Crippen LogP contribution in [-0.4, -0.2) is 50.0 Å². The molecule has 1 saturated heterocycles. The molecule has 5 heteroatoms. The van der Waals surface area contributed by atoms with Gasteiger partial charge in [0.1, 0.15) is 5.75 Å². The Hall–Kier alpha value is -1.42. The molecular weight excluding hydrogens is 264 g/mol. The van der Waals surface area contributed by atoms with E-state index in [-0.39, 0.29) is 5.91 Å². The summed E-state index contributed by atoms with van der Waals surface area (Å²) < 4.78 is 5.15. The lowest BCUT2D eigenvalue weighted by Crippen LogP contribution is -2.48. The maximum Gasteiger partial charge on any atom is 0.223 e. The van der Waals surface area contributed by atoms with E-state index in [0.717, 1.165) is 31.9 Å². The highest BCUT2D eigenvalue weighted by Gasteiger charge is 2.20. The predicted octanol–water partition coefficient (Wildman–Crippen LogP) is 1.97. The highest BCUT2D eigenvalue weighted by molar-refractivity contribution is 6.18. The molecule has 4 nitrogen and oxygen atoms in total. The van der Waals surface area contributed by atoms with Gasteiger partial charge in [-0.05, 0) is 24.3 Å². The van der Waals surface area contributed by atoms with Crippen LogP contribution in [0.4, 0.5) is 5.69 Å². The molecule has 0 bridgehead atoms. The van der Waals surface area contributed by atoms with E-state index in [2.05, 4.69) is 17.0 Å². The number of methoxy groups -OCH3 is 1. The zero-order valence-corrected chi connectivity index (χ0v) is 11.9. The lowest BCUT2D eigenvalue weighted by Gasteiger charge is -2.36. The second kappa shape index (κ2) is 6.66. The van der Waals surface area contributed by atoms with Crippen LogP contribution in [-0.2, 0) is 4.79 Å². The maximum atomic E-state index is 11.7. The fourth-order valence-electron chi connectivity index (χ4n) is 2.25. The second-order valence-electron chi connectivity index (χ2n) is 4.50. The molecule has 1 aromatic carbocycles. The lowest BCUT2D eigenvalue weighted by atomic mass is 10.2. The number of piperazine rings is 1. The largest absolute Gasteiger partial charge is 0.497 e. The number of ether oxygens (including phenoxy) is 1. The van der Waals surface area contributed by atoms with E-state index in [4.69, 9.17) is 16.3 Å². The van der Waals surface area contributed by atoms with Gasteiger partial charge in [0.05, 0.1) is 7.11 Å². The topological polar surface area (TPSA) is 32.8 Å². The summed E-state index contributed by atoms with van der Waals surface area (Å²) in [4.78, 5) is 15.9. The van der Waals surface area contributed by atoms with Gasteiger partial charge in [-0.1, -0.05) is 0 Å². The number of hydrogen-bond acceptors (Lipinski definition) is 3. The van der Waals surface area contributed by atoms with Gasteiger partial charge in [0, 0.05) is 44.2 Å². The van der Waals surface area contributed by atoms with Crippen LogP contribution in [0.25, 0.3) is 0 Å². The van der Waals surface area contributed by atoms with Gasteiger partial charge in [0.15, 0.2) is 0 Å². The van der Waals surface area contributed by atoms with Gasteiger partial charge in [-0.3, -0.25) is 4.79 Å². The molecule has 104 valence electrons. The number of anilines is 1.